The standard InChI is InChI=1S/C15H21ClN2O3/c1-19-10-11-21-9-8-18-12-4-3-5-13(20-2)15(12)17-14(18)6-7-16/h3-5H,6-11H2,1-2H3. The lowest BCUT2D eigenvalue weighted by Crippen LogP contribution is -2.12. The van der Waals surface area contributed by atoms with Crippen molar-refractivity contribution < 1.29 is 14.2 Å². The van der Waals surface area contributed by atoms with E-state index >= 15 is 0 Å². The zero-order chi connectivity index (χ0) is 15.1. The maximum absolute atomic E-state index is 5.88. The van der Waals surface area contributed by atoms with Crippen molar-refractivity contribution >= 4 is 22.6 Å². The molecule has 6 heteroatoms. The summed E-state index contributed by atoms with van der Waals surface area (Å²) in [7, 11) is 3.32. The first-order valence-corrected chi connectivity index (χ1v) is 7.50. The van der Waals surface area contributed by atoms with E-state index in [0.717, 1.165) is 35.6 Å². The summed E-state index contributed by atoms with van der Waals surface area (Å²) in [6.45, 7) is 2.55. The number of hydrogen-bond donors (Lipinski definition) is 0. The highest BCUT2D eigenvalue weighted by atomic mass is 35.5. The Morgan fingerprint density at radius 3 is 2.76 bits per heavy atom. The first-order chi connectivity index (χ1) is 10.3. The minimum absolute atomic E-state index is 0.538. The van der Waals surface area contributed by atoms with Crippen molar-refractivity contribution in [1.82, 2.24) is 9.55 Å². The third kappa shape index (κ3) is 3.87. The summed E-state index contributed by atoms with van der Waals surface area (Å²) in [5.41, 5.74) is 1.92. The summed E-state index contributed by atoms with van der Waals surface area (Å²) in [5, 5.41) is 0. The molecule has 0 aliphatic heterocycles. The number of benzene rings is 1. The molecule has 0 saturated heterocycles. The molecule has 1 aromatic heterocycles. The van der Waals surface area contributed by atoms with E-state index in [2.05, 4.69) is 9.55 Å². The highest BCUT2D eigenvalue weighted by Gasteiger charge is 2.13. The van der Waals surface area contributed by atoms with Gasteiger partial charge < -0.3 is 18.8 Å². The molecule has 0 aliphatic carbocycles. The lowest BCUT2D eigenvalue weighted by Gasteiger charge is -2.09. The van der Waals surface area contributed by atoms with Gasteiger partial charge in [0, 0.05) is 26.0 Å². The van der Waals surface area contributed by atoms with Gasteiger partial charge in [0.25, 0.3) is 0 Å². The lowest BCUT2D eigenvalue weighted by atomic mass is 10.3. The SMILES string of the molecule is COCCOCCn1c(CCCl)nc2c(OC)cccc21. The first-order valence-electron chi connectivity index (χ1n) is 6.96. The van der Waals surface area contributed by atoms with Crippen LogP contribution < -0.4 is 4.74 Å². The fourth-order valence-electron chi connectivity index (χ4n) is 2.26. The summed E-state index contributed by atoms with van der Waals surface area (Å²) in [6.07, 6.45) is 0.720. The number of aromatic nitrogens is 2. The van der Waals surface area contributed by atoms with Crippen LogP contribution in [0.3, 0.4) is 0 Å². The van der Waals surface area contributed by atoms with Gasteiger partial charge in [0.2, 0.25) is 0 Å². The summed E-state index contributed by atoms with van der Waals surface area (Å²) >= 11 is 5.88. The quantitative estimate of drug-likeness (QED) is 0.527. The largest absolute Gasteiger partial charge is 0.494 e. The monoisotopic (exact) mass is 312 g/mol. The molecule has 1 aromatic carbocycles. The molecule has 0 fully saturated rings. The van der Waals surface area contributed by atoms with E-state index in [-0.39, 0.29) is 0 Å². The summed E-state index contributed by atoms with van der Waals surface area (Å²) in [6, 6.07) is 5.92. The number of imidazole rings is 1. The van der Waals surface area contributed by atoms with E-state index in [0.29, 0.717) is 25.7 Å². The Bertz CT molecular complexity index is 571. The van der Waals surface area contributed by atoms with E-state index in [1.165, 1.54) is 0 Å². The second-order valence-corrected chi connectivity index (χ2v) is 4.93. The fourth-order valence-corrected chi connectivity index (χ4v) is 2.43. The number of ether oxygens (including phenoxy) is 3. The molecule has 0 aliphatic rings. The molecule has 2 rings (SSSR count). The molecule has 0 radical (unpaired) electrons. The Balaban J connectivity index is 2.20. The van der Waals surface area contributed by atoms with E-state index in [1.807, 2.05) is 18.2 Å². The van der Waals surface area contributed by atoms with Gasteiger partial charge in [0.15, 0.2) is 0 Å². The molecule has 2 aromatic rings. The molecule has 0 saturated carbocycles. The molecular formula is C15H21ClN2O3. The van der Waals surface area contributed by atoms with Crippen LogP contribution >= 0.6 is 11.6 Å². The predicted molar refractivity (Wildman–Crippen MR) is 83.4 cm³/mol. The van der Waals surface area contributed by atoms with E-state index in [4.69, 9.17) is 25.8 Å². The lowest BCUT2D eigenvalue weighted by molar-refractivity contribution is 0.0667. The number of rotatable bonds is 9. The maximum atomic E-state index is 5.88. The zero-order valence-corrected chi connectivity index (χ0v) is 13.2. The van der Waals surface area contributed by atoms with Crippen LogP contribution in [0.15, 0.2) is 18.2 Å². The van der Waals surface area contributed by atoms with Gasteiger partial charge in [-0.3, -0.25) is 0 Å². The number of hydrogen-bond acceptors (Lipinski definition) is 4. The van der Waals surface area contributed by atoms with E-state index in [9.17, 15) is 0 Å². The van der Waals surface area contributed by atoms with Crippen LogP contribution in [0.25, 0.3) is 11.0 Å². The molecule has 116 valence electrons. The molecule has 0 atom stereocenters. The second kappa shape index (κ2) is 8.22. The molecule has 21 heavy (non-hydrogen) atoms. The Kier molecular flexibility index (Phi) is 6.29. The van der Waals surface area contributed by atoms with E-state index in [1.54, 1.807) is 14.2 Å². The summed E-state index contributed by atoms with van der Waals surface area (Å²) < 4.78 is 18.0. The number of methoxy groups -OCH3 is 2. The van der Waals surface area contributed by atoms with Crippen LogP contribution in [0.4, 0.5) is 0 Å². The van der Waals surface area contributed by atoms with Crippen molar-refractivity contribution in [3.8, 4) is 5.75 Å². The van der Waals surface area contributed by atoms with Gasteiger partial charge in [0.05, 0.1) is 32.4 Å². The van der Waals surface area contributed by atoms with Crippen molar-refractivity contribution in [2.75, 3.05) is 39.9 Å². The molecule has 0 bridgehead atoms. The van der Waals surface area contributed by atoms with Crippen LogP contribution in [0, 0.1) is 0 Å². The third-order valence-corrected chi connectivity index (χ3v) is 3.44. The molecule has 0 amide bonds. The smallest absolute Gasteiger partial charge is 0.146 e. The number of para-hydroxylation sites is 1. The van der Waals surface area contributed by atoms with Crippen LogP contribution in [-0.4, -0.2) is 49.5 Å². The topological polar surface area (TPSA) is 45.5 Å². The van der Waals surface area contributed by atoms with E-state index < -0.39 is 0 Å². The van der Waals surface area contributed by atoms with Crippen molar-refractivity contribution in [2.24, 2.45) is 0 Å². The van der Waals surface area contributed by atoms with Gasteiger partial charge in [-0.1, -0.05) is 6.07 Å². The molecule has 0 unspecified atom stereocenters. The Hall–Kier alpha value is -1.30. The number of halogens is 1. The van der Waals surface area contributed by atoms with Crippen LogP contribution in [0.1, 0.15) is 5.82 Å². The Morgan fingerprint density at radius 2 is 2.05 bits per heavy atom. The highest BCUT2D eigenvalue weighted by Crippen LogP contribution is 2.26. The Labute approximate surface area is 129 Å². The average molecular weight is 313 g/mol. The van der Waals surface area contributed by atoms with Crippen molar-refractivity contribution in [3.63, 3.8) is 0 Å². The predicted octanol–water partition coefficient (Wildman–Crippen LogP) is 2.49. The molecule has 0 N–H and O–H groups in total. The van der Waals surface area contributed by atoms with Crippen molar-refractivity contribution in [3.05, 3.63) is 24.0 Å². The van der Waals surface area contributed by atoms with Crippen molar-refractivity contribution in [2.45, 2.75) is 13.0 Å². The third-order valence-electron chi connectivity index (χ3n) is 3.25. The summed E-state index contributed by atoms with van der Waals surface area (Å²) in [5.74, 6) is 2.28. The second-order valence-electron chi connectivity index (χ2n) is 4.55. The van der Waals surface area contributed by atoms with Crippen molar-refractivity contribution in [1.29, 1.82) is 0 Å². The van der Waals surface area contributed by atoms with Gasteiger partial charge >= 0.3 is 0 Å². The fraction of sp³-hybridized carbons (Fsp3) is 0.533. The number of alkyl halides is 1. The van der Waals surface area contributed by atoms with Crippen LogP contribution in [0.5, 0.6) is 5.75 Å². The first kappa shape index (κ1) is 16.1. The highest BCUT2D eigenvalue weighted by molar-refractivity contribution is 6.17. The zero-order valence-electron chi connectivity index (χ0n) is 12.5. The number of fused-ring (bicyclic) bond motifs is 1. The normalized spacial score (nSPS) is 11.2. The maximum Gasteiger partial charge on any atom is 0.146 e. The molecule has 1 heterocycles. The molecule has 0 spiro atoms. The number of nitrogens with zero attached hydrogens (tertiary/aromatic N) is 2. The molecule has 5 nitrogen and oxygen atoms in total. The van der Waals surface area contributed by atoms with Gasteiger partial charge in [-0.25, -0.2) is 4.98 Å². The van der Waals surface area contributed by atoms with Gasteiger partial charge in [-0.05, 0) is 12.1 Å². The number of aryl methyl sites for hydroxylation is 1. The minimum Gasteiger partial charge on any atom is -0.494 e. The average Bonchev–Trinajstić information content (AvgIpc) is 2.85. The van der Waals surface area contributed by atoms with Crippen LogP contribution in [0.2, 0.25) is 0 Å². The summed E-state index contributed by atoms with van der Waals surface area (Å²) in [4.78, 5) is 4.66. The minimum atomic E-state index is 0.538. The van der Waals surface area contributed by atoms with Gasteiger partial charge in [0.1, 0.15) is 17.1 Å². The van der Waals surface area contributed by atoms with Crippen LogP contribution in [-0.2, 0) is 22.4 Å². The Morgan fingerprint density at radius 1 is 1.19 bits per heavy atom. The molecular weight excluding hydrogens is 292 g/mol. The van der Waals surface area contributed by atoms with Gasteiger partial charge in [-0.15, -0.1) is 11.6 Å². The van der Waals surface area contributed by atoms with Gasteiger partial charge in [-0.2, -0.15) is 0 Å².